The summed E-state index contributed by atoms with van der Waals surface area (Å²) in [6, 6.07) is 69.0. The SMILES string of the molecule is C.Cc1cc(C)cc(NS(=O)(=O)c2cccc(C(=O)O)c2)c1.ClCc1ccccc1.Nc1cc(CO)cc(CO)c1.O=C(OCc1ccccc1)c1cccc(S(=O)(=O)Cl)c1.O=C(OCc1ccccc1)c1cccc(S(=O)(=O)N(Cc2ccccc2)c2cc(CO)cc(CO)c2)c1. The molecular formula is C74H75Cl2N3O16S3. The number of carboxylic acid groups (broad SMARTS) is 1. The van der Waals surface area contributed by atoms with Crippen LogP contribution < -0.4 is 14.8 Å². The van der Waals surface area contributed by atoms with Gasteiger partial charge in [-0.1, -0.05) is 165 Å². The molecule has 0 bridgehead atoms. The van der Waals surface area contributed by atoms with Crippen LogP contribution in [-0.4, -0.2) is 68.7 Å². The molecule has 514 valence electrons. The van der Waals surface area contributed by atoms with E-state index in [-0.39, 0.29) is 90.7 Å². The fourth-order valence-corrected chi connectivity index (χ4v) is 12.6. The van der Waals surface area contributed by atoms with Crippen LogP contribution in [0.1, 0.15) is 94.1 Å². The third-order valence-electron chi connectivity index (χ3n) is 13.6. The number of aliphatic hydroxyl groups excluding tert-OH is 4. The number of ether oxygens (including phenoxy) is 2. The number of esters is 2. The molecule has 24 heteroatoms. The van der Waals surface area contributed by atoms with Crippen LogP contribution in [0.4, 0.5) is 17.1 Å². The van der Waals surface area contributed by atoms with Gasteiger partial charge in [0.25, 0.3) is 29.1 Å². The minimum Gasteiger partial charge on any atom is -0.478 e. The summed E-state index contributed by atoms with van der Waals surface area (Å²) in [7, 11) is -6.61. The van der Waals surface area contributed by atoms with E-state index in [1.54, 1.807) is 48.5 Å². The van der Waals surface area contributed by atoms with Gasteiger partial charge in [0.15, 0.2) is 0 Å². The summed E-state index contributed by atoms with van der Waals surface area (Å²) in [5, 5.41) is 45.8. The summed E-state index contributed by atoms with van der Waals surface area (Å²) >= 11 is 5.53. The van der Waals surface area contributed by atoms with Crippen molar-refractivity contribution in [3.63, 3.8) is 0 Å². The second-order valence-electron chi connectivity index (χ2n) is 21.3. The Kier molecular flexibility index (Phi) is 31.3. The fourth-order valence-electron chi connectivity index (χ4n) is 9.02. The second-order valence-corrected chi connectivity index (χ2v) is 27.6. The lowest BCUT2D eigenvalue weighted by molar-refractivity contribution is 0.0463. The van der Waals surface area contributed by atoms with E-state index < -0.39 is 47.0 Å². The third kappa shape index (κ3) is 25.4. The van der Waals surface area contributed by atoms with Gasteiger partial charge in [-0.3, -0.25) is 9.03 Å². The summed E-state index contributed by atoms with van der Waals surface area (Å²) < 4.78 is 89.0. The number of carboxylic acids is 1. The number of halogens is 2. The van der Waals surface area contributed by atoms with Crippen molar-refractivity contribution in [1.29, 1.82) is 0 Å². The van der Waals surface area contributed by atoms with E-state index in [1.807, 2.05) is 141 Å². The van der Waals surface area contributed by atoms with E-state index in [0.717, 1.165) is 45.0 Å². The van der Waals surface area contributed by atoms with Crippen LogP contribution in [0.15, 0.2) is 263 Å². The Bertz CT molecular complexity index is 4520. The molecule has 0 fully saturated rings. The Morgan fingerprint density at radius 3 is 1.23 bits per heavy atom. The van der Waals surface area contributed by atoms with Gasteiger partial charge in [0.2, 0.25) is 0 Å². The van der Waals surface area contributed by atoms with Crippen molar-refractivity contribution >= 4 is 86.4 Å². The number of hydrogen-bond donors (Lipinski definition) is 7. The van der Waals surface area contributed by atoms with Crippen molar-refractivity contribution in [2.24, 2.45) is 0 Å². The molecule has 0 aliphatic heterocycles. The Morgan fingerprint density at radius 2 is 0.827 bits per heavy atom. The molecular weight excluding hydrogens is 1350 g/mol. The molecule has 0 aromatic heterocycles. The Balaban J connectivity index is 0.000000242. The van der Waals surface area contributed by atoms with Crippen molar-refractivity contribution < 1.29 is 74.6 Å². The smallest absolute Gasteiger partial charge is 0.338 e. The van der Waals surface area contributed by atoms with E-state index in [9.17, 15) is 49.9 Å². The second kappa shape index (κ2) is 38.9. The minimum atomic E-state index is -4.16. The number of alkyl halides is 1. The van der Waals surface area contributed by atoms with E-state index >= 15 is 0 Å². The predicted molar refractivity (Wildman–Crippen MR) is 381 cm³/mol. The first-order valence-electron chi connectivity index (χ1n) is 29.5. The molecule has 0 heterocycles. The zero-order valence-corrected chi connectivity index (χ0v) is 56.5. The molecule has 10 rings (SSSR count). The molecule has 0 aliphatic carbocycles. The largest absolute Gasteiger partial charge is 0.478 e. The molecule has 0 aliphatic rings. The van der Waals surface area contributed by atoms with Crippen LogP contribution in [0.3, 0.4) is 0 Å². The Labute approximate surface area is 581 Å². The summed E-state index contributed by atoms with van der Waals surface area (Å²) in [6.07, 6.45) is 0. The van der Waals surface area contributed by atoms with Crippen molar-refractivity contribution in [3.8, 4) is 0 Å². The van der Waals surface area contributed by atoms with Crippen molar-refractivity contribution in [2.75, 3.05) is 14.8 Å². The van der Waals surface area contributed by atoms with Gasteiger partial charge >= 0.3 is 17.9 Å². The predicted octanol–water partition coefficient (Wildman–Crippen LogP) is 13.5. The number of nitrogens with two attached hydrogens (primary N) is 1. The number of rotatable bonds is 21. The summed E-state index contributed by atoms with van der Waals surface area (Å²) in [6.45, 7) is 3.21. The zero-order chi connectivity index (χ0) is 70.5. The first-order chi connectivity index (χ1) is 46.3. The molecule has 10 aromatic rings. The summed E-state index contributed by atoms with van der Waals surface area (Å²) in [5.74, 6) is -1.80. The number of aryl methyl sites for hydroxylation is 2. The van der Waals surface area contributed by atoms with Gasteiger partial charge in [-0.05, 0) is 160 Å². The van der Waals surface area contributed by atoms with E-state index in [4.69, 9.17) is 52.8 Å². The normalized spacial score (nSPS) is 10.7. The topological polar surface area (TPSA) is 315 Å². The van der Waals surface area contributed by atoms with Crippen LogP contribution in [-0.2, 0) is 90.6 Å². The average Bonchev–Trinajstić information content (AvgIpc) is 0.782. The number of carbonyl (C=O) groups excluding carboxylic acids is 2. The number of carbonyl (C=O) groups is 3. The molecule has 8 N–H and O–H groups in total. The maximum Gasteiger partial charge on any atom is 0.338 e. The molecule has 0 saturated carbocycles. The van der Waals surface area contributed by atoms with Crippen LogP contribution in [0.2, 0.25) is 0 Å². The minimum absolute atomic E-state index is 0. The van der Waals surface area contributed by atoms with Gasteiger partial charge in [0.1, 0.15) is 13.2 Å². The first-order valence-corrected chi connectivity index (χ1v) is 35.2. The third-order valence-corrected chi connectivity index (χ3v) is 18.4. The number of aliphatic hydroxyl groups is 4. The van der Waals surface area contributed by atoms with Gasteiger partial charge in [0, 0.05) is 27.9 Å². The molecule has 10 aromatic carbocycles. The highest BCUT2D eigenvalue weighted by molar-refractivity contribution is 8.13. The molecule has 0 unspecified atom stereocenters. The summed E-state index contributed by atoms with van der Waals surface area (Å²) in [5.41, 5.74) is 14.8. The highest BCUT2D eigenvalue weighted by atomic mass is 35.7. The van der Waals surface area contributed by atoms with E-state index in [1.165, 1.54) is 76.6 Å². The van der Waals surface area contributed by atoms with Crippen molar-refractivity contribution in [2.45, 2.75) is 88.0 Å². The number of anilines is 3. The molecule has 0 atom stereocenters. The number of nitrogen functional groups attached to an aromatic ring is 1. The maximum absolute atomic E-state index is 13.9. The van der Waals surface area contributed by atoms with Gasteiger partial charge in [-0.2, -0.15) is 0 Å². The molecule has 98 heavy (non-hydrogen) atoms. The van der Waals surface area contributed by atoms with Crippen LogP contribution in [0.25, 0.3) is 0 Å². The van der Waals surface area contributed by atoms with E-state index in [0.29, 0.717) is 28.4 Å². The highest BCUT2D eigenvalue weighted by Gasteiger charge is 2.28. The van der Waals surface area contributed by atoms with Crippen molar-refractivity contribution in [3.05, 3.63) is 321 Å². The van der Waals surface area contributed by atoms with Gasteiger partial charge in [-0.25, -0.2) is 39.6 Å². The molecule has 19 nitrogen and oxygen atoms in total. The highest BCUT2D eigenvalue weighted by Crippen LogP contribution is 2.30. The van der Waals surface area contributed by atoms with Crippen LogP contribution in [0.5, 0.6) is 0 Å². The molecule has 0 amide bonds. The summed E-state index contributed by atoms with van der Waals surface area (Å²) in [4.78, 5) is 35.2. The number of nitrogens with zero attached hydrogens (tertiary/aromatic N) is 1. The quantitative estimate of drug-likeness (QED) is 0.0152. The molecule has 0 spiro atoms. The van der Waals surface area contributed by atoms with Gasteiger partial charge in [0.05, 0.1) is 70.0 Å². The monoisotopic (exact) mass is 1430 g/mol. The van der Waals surface area contributed by atoms with E-state index in [2.05, 4.69) is 4.72 Å². The number of benzene rings is 10. The first kappa shape index (κ1) is 79.0. The lowest BCUT2D eigenvalue weighted by Crippen LogP contribution is -2.31. The van der Waals surface area contributed by atoms with Gasteiger partial charge < -0.3 is 40.7 Å². The maximum atomic E-state index is 13.9. The van der Waals surface area contributed by atoms with Crippen LogP contribution >= 0.6 is 22.3 Å². The van der Waals surface area contributed by atoms with Gasteiger partial charge in [-0.15, -0.1) is 11.6 Å². The fraction of sp³-hybridized carbons (Fsp3) is 0.149. The Hall–Kier alpha value is -9.72. The lowest BCUT2D eigenvalue weighted by Gasteiger charge is -2.26. The van der Waals surface area contributed by atoms with Crippen LogP contribution in [0, 0.1) is 13.8 Å². The Morgan fingerprint density at radius 1 is 0.449 bits per heavy atom. The zero-order valence-electron chi connectivity index (χ0n) is 52.6. The van der Waals surface area contributed by atoms with Crippen molar-refractivity contribution in [1.82, 2.24) is 0 Å². The standard InChI is InChI=1S/C29H27NO6S.C15H15NO4S.C14H11ClO4S.C8H11NO2.C7H7Cl.CH4/c31-19-24-14-25(20-32)16-27(15-24)30(18-22-8-3-1-4-9-22)37(34,35)28-13-7-12-26(17-28)29(33)36-21-23-10-5-2-6-11-23;1-10-6-11(2)8-13(7-10)16-21(19,20)14-5-3-4-12(9-14)15(17)18;15-20(17,18)13-8-4-7-12(9-13)14(16)19-10-11-5-2-1-3-6-11;9-8-2-6(4-10)1-7(3-8)5-11;8-6-7-4-2-1-3-5-7;/h1-17,31-32H,18-21H2;3-9,16H,1-2H3,(H,17,18);1-9H,10H2;1-3,10-11H,4-5,9H2;1-5H,6H2;1H4. The molecule has 0 saturated heterocycles. The average molecular weight is 1430 g/mol. The number of hydrogen-bond acceptors (Lipinski definition) is 16. The number of aromatic carboxylic acids is 1. The number of sulfonamides is 2. The molecule has 0 radical (unpaired) electrons. The lowest BCUT2D eigenvalue weighted by atomic mass is 10.1. The number of nitrogens with one attached hydrogen (secondary N) is 1.